The van der Waals surface area contributed by atoms with Crippen molar-refractivity contribution in [3.05, 3.63) is 0 Å². The SMILES string of the molecule is F[C@@]1(CI)C[C@@H]2OC3(CCCCC3)OC[C@@H]21. The molecule has 0 aromatic carbocycles. The summed E-state index contributed by atoms with van der Waals surface area (Å²) < 4.78 is 26.6. The Morgan fingerprint density at radius 1 is 1.25 bits per heavy atom. The minimum absolute atomic E-state index is 0.0167. The van der Waals surface area contributed by atoms with Gasteiger partial charge in [0.25, 0.3) is 0 Å². The summed E-state index contributed by atoms with van der Waals surface area (Å²) in [5.74, 6) is -0.358. The number of hydrogen-bond acceptors (Lipinski definition) is 2. The summed E-state index contributed by atoms with van der Waals surface area (Å²) in [6, 6.07) is 0. The van der Waals surface area contributed by atoms with Crippen LogP contribution in [0.5, 0.6) is 0 Å². The number of fused-ring (bicyclic) bond motifs is 1. The molecule has 1 spiro atoms. The molecule has 1 saturated heterocycles. The summed E-state index contributed by atoms with van der Waals surface area (Å²) in [6.07, 6.45) is 6.34. The van der Waals surface area contributed by atoms with Gasteiger partial charge in [0.05, 0.1) is 12.7 Å². The third-order valence-corrected chi connectivity index (χ3v) is 5.65. The van der Waals surface area contributed by atoms with Crippen molar-refractivity contribution < 1.29 is 13.9 Å². The van der Waals surface area contributed by atoms with Gasteiger partial charge in [-0.3, -0.25) is 0 Å². The van der Waals surface area contributed by atoms with Gasteiger partial charge in [-0.05, 0) is 12.8 Å². The molecule has 2 nitrogen and oxygen atoms in total. The summed E-state index contributed by atoms with van der Waals surface area (Å²) >= 11 is 2.13. The van der Waals surface area contributed by atoms with Crippen molar-refractivity contribution >= 4 is 22.6 Å². The highest BCUT2D eigenvalue weighted by atomic mass is 127. The molecule has 92 valence electrons. The highest BCUT2D eigenvalue weighted by Gasteiger charge is 2.60. The number of ether oxygens (including phenoxy) is 2. The summed E-state index contributed by atoms with van der Waals surface area (Å²) in [5, 5.41) is 0. The van der Waals surface area contributed by atoms with Gasteiger partial charge in [-0.25, -0.2) is 4.39 Å². The molecule has 1 aliphatic heterocycles. The Hall–Kier alpha value is 0.580. The van der Waals surface area contributed by atoms with E-state index >= 15 is 0 Å². The molecule has 2 aliphatic carbocycles. The summed E-state index contributed by atoms with van der Waals surface area (Å²) in [4.78, 5) is 0. The lowest BCUT2D eigenvalue weighted by Crippen LogP contribution is -2.65. The van der Waals surface area contributed by atoms with E-state index in [-0.39, 0.29) is 17.8 Å². The van der Waals surface area contributed by atoms with Gasteiger partial charge in [-0.1, -0.05) is 29.0 Å². The molecule has 3 rings (SSSR count). The molecule has 3 atom stereocenters. The lowest BCUT2D eigenvalue weighted by atomic mass is 9.68. The van der Waals surface area contributed by atoms with Crippen LogP contribution in [0.1, 0.15) is 38.5 Å². The van der Waals surface area contributed by atoms with E-state index < -0.39 is 5.67 Å². The molecule has 0 N–H and O–H groups in total. The second-order valence-electron chi connectivity index (χ2n) is 5.42. The van der Waals surface area contributed by atoms with Crippen molar-refractivity contribution in [2.75, 3.05) is 11.0 Å². The fourth-order valence-corrected chi connectivity index (χ4v) is 4.12. The van der Waals surface area contributed by atoms with Crippen molar-refractivity contribution in [3.63, 3.8) is 0 Å². The van der Waals surface area contributed by atoms with Crippen LogP contribution in [0.3, 0.4) is 0 Å². The van der Waals surface area contributed by atoms with Crippen molar-refractivity contribution in [1.29, 1.82) is 0 Å². The maximum Gasteiger partial charge on any atom is 0.168 e. The highest BCUT2D eigenvalue weighted by molar-refractivity contribution is 14.1. The van der Waals surface area contributed by atoms with Crippen LogP contribution in [-0.4, -0.2) is 28.6 Å². The minimum atomic E-state index is -1.03. The Kier molecular flexibility index (Phi) is 2.95. The average molecular weight is 340 g/mol. The molecular weight excluding hydrogens is 322 g/mol. The normalized spacial score (nSPS) is 46.1. The maximum atomic E-state index is 14.2. The first-order valence-corrected chi connectivity index (χ1v) is 7.77. The summed E-state index contributed by atoms with van der Waals surface area (Å²) in [7, 11) is 0. The van der Waals surface area contributed by atoms with Crippen molar-refractivity contribution in [2.45, 2.75) is 56.1 Å². The van der Waals surface area contributed by atoms with Crippen LogP contribution in [0.25, 0.3) is 0 Å². The molecule has 3 fully saturated rings. The van der Waals surface area contributed by atoms with E-state index in [0.29, 0.717) is 17.5 Å². The molecule has 2 saturated carbocycles. The van der Waals surface area contributed by atoms with Gasteiger partial charge in [-0.15, -0.1) is 0 Å². The first kappa shape index (κ1) is 11.7. The zero-order valence-electron chi connectivity index (χ0n) is 9.38. The Labute approximate surface area is 109 Å². The monoisotopic (exact) mass is 340 g/mol. The smallest absolute Gasteiger partial charge is 0.168 e. The highest BCUT2D eigenvalue weighted by Crippen LogP contribution is 2.52. The molecule has 0 radical (unpaired) electrons. The first-order valence-electron chi connectivity index (χ1n) is 6.24. The lowest BCUT2D eigenvalue weighted by molar-refractivity contribution is -0.363. The molecule has 1 heterocycles. The standard InChI is InChI=1S/C12H18FIO2/c13-11(8-14)6-10-9(11)7-15-12(16-10)4-2-1-3-5-12/h9-10H,1-8H2/t9-,10-,11+/m0/s1. The predicted octanol–water partition coefficient (Wildman–Crippen LogP) is 3.23. The van der Waals surface area contributed by atoms with Crippen LogP contribution in [0.4, 0.5) is 4.39 Å². The van der Waals surface area contributed by atoms with Crippen LogP contribution in [-0.2, 0) is 9.47 Å². The average Bonchev–Trinajstić information content (AvgIpc) is 2.29. The second-order valence-corrected chi connectivity index (χ2v) is 6.18. The van der Waals surface area contributed by atoms with Crippen LogP contribution in [0, 0.1) is 5.92 Å². The third-order valence-electron chi connectivity index (χ3n) is 4.38. The molecule has 0 unspecified atom stereocenters. The number of alkyl halides is 2. The zero-order valence-corrected chi connectivity index (χ0v) is 11.5. The Balaban J connectivity index is 1.66. The second kappa shape index (κ2) is 4.05. The van der Waals surface area contributed by atoms with Crippen LogP contribution in [0.15, 0.2) is 0 Å². The fourth-order valence-electron chi connectivity index (χ4n) is 3.24. The number of rotatable bonds is 1. The fraction of sp³-hybridized carbons (Fsp3) is 1.00. The van der Waals surface area contributed by atoms with E-state index in [4.69, 9.17) is 9.47 Å². The lowest BCUT2D eigenvalue weighted by Gasteiger charge is -2.56. The van der Waals surface area contributed by atoms with Crippen LogP contribution in [0.2, 0.25) is 0 Å². The summed E-state index contributed by atoms with van der Waals surface area (Å²) in [6.45, 7) is 0.560. The summed E-state index contributed by atoms with van der Waals surface area (Å²) in [5.41, 5.74) is -1.03. The minimum Gasteiger partial charge on any atom is -0.349 e. The Morgan fingerprint density at radius 2 is 2.00 bits per heavy atom. The van der Waals surface area contributed by atoms with E-state index in [0.717, 1.165) is 12.8 Å². The largest absolute Gasteiger partial charge is 0.349 e. The van der Waals surface area contributed by atoms with Crippen molar-refractivity contribution in [3.8, 4) is 0 Å². The third kappa shape index (κ3) is 1.72. The Bertz CT molecular complexity index is 280. The van der Waals surface area contributed by atoms with Crippen molar-refractivity contribution in [1.82, 2.24) is 0 Å². The molecular formula is C12H18FIO2. The molecule has 3 aliphatic rings. The topological polar surface area (TPSA) is 18.5 Å². The van der Waals surface area contributed by atoms with Gasteiger partial charge in [0.1, 0.15) is 5.67 Å². The molecule has 0 bridgehead atoms. The number of halogens is 2. The molecule has 4 heteroatoms. The van der Waals surface area contributed by atoms with Gasteiger partial charge in [0, 0.05) is 29.6 Å². The van der Waals surface area contributed by atoms with Gasteiger partial charge in [0.2, 0.25) is 0 Å². The van der Waals surface area contributed by atoms with Crippen LogP contribution < -0.4 is 0 Å². The van der Waals surface area contributed by atoms with Gasteiger partial charge < -0.3 is 9.47 Å². The van der Waals surface area contributed by atoms with Gasteiger partial charge in [0.15, 0.2) is 5.79 Å². The van der Waals surface area contributed by atoms with Crippen LogP contribution >= 0.6 is 22.6 Å². The first-order chi connectivity index (χ1) is 7.68. The van der Waals surface area contributed by atoms with Gasteiger partial charge in [-0.2, -0.15) is 0 Å². The number of hydrogen-bond donors (Lipinski definition) is 0. The molecule has 0 aromatic rings. The van der Waals surface area contributed by atoms with E-state index in [1.165, 1.54) is 19.3 Å². The predicted molar refractivity (Wildman–Crippen MR) is 67.5 cm³/mol. The van der Waals surface area contributed by atoms with E-state index in [1.54, 1.807) is 0 Å². The molecule has 0 aromatic heterocycles. The Morgan fingerprint density at radius 3 is 2.62 bits per heavy atom. The van der Waals surface area contributed by atoms with E-state index in [1.807, 2.05) is 0 Å². The molecule has 0 amide bonds. The van der Waals surface area contributed by atoms with Gasteiger partial charge >= 0.3 is 0 Å². The zero-order chi connectivity index (χ0) is 11.2. The van der Waals surface area contributed by atoms with E-state index in [2.05, 4.69) is 22.6 Å². The van der Waals surface area contributed by atoms with Crippen molar-refractivity contribution in [2.24, 2.45) is 5.92 Å². The van der Waals surface area contributed by atoms with E-state index in [9.17, 15) is 4.39 Å². The maximum absolute atomic E-state index is 14.2. The molecule has 16 heavy (non-hydrogen) atoms. The quantitative estimate of drug-likeness (QED) is 0.539.